The maximum absolute atomic E-state index is 13.7. The maximum atomic E-state index is 13.7. The molecule has 2 aromatic rings. The summed E-state index contributed by atoms with van der Waals surface area (Å²) in [5, 5.41) is 21.6. The zero-order chi connectivity index (χ0) is 25.1. The van der Waals surface area contributed by atoms with Crippen LogP contribution in [0, 0.1) is 16.0 Å². The topological polar surface area (TPSA) is 120 Å². The second-order valence-corrected chi connectivity index (χ2v) is 8.88. The monoisotopic (exact) mass is 495 g/mol. The maximum Gasteiger partial charge on any atom is 0.327 e. The number of nitrogens with zero attached hydrogens (tertiary/aromatic N) is 5. The van der Waals surface area contributed by atoms with Crippen molar-refractivity contribution in [2.75, 3.05) is 26.2 Å². The molecule has 0 saturated carbocycles. The summed E-state index contributed by atoms with van der Waals surface area (Å²) >= 11 is 5.40. The lowest BCUT2D eigenvalue weighted by molar-refractivity contribution is -0.385. The van der Waals surface area contributed by atoms with Crippen molar-refractivity contribution in [3.8, 4) is 0 Å². The number of para-hydroxylation sites is 1. The molecule has 0 bridgehead atoms. The summed E-state index contributed by atoms with van der Waals surface area (Å²) in [7, 11) is 0. The van der Waals surface area contributed by atoms with Gasteiger partial charge in [-0.15, -0.1) is 0 Å². The summed E-state index contributed by atoms with van der Waals surface area (Å²) in [6.07, 6.45) is 0. The molecule has 2 amide bonds. The molecule has 2 heterocycles. The number of benzene rings is 2. The first-order chi connectivity index (χ1) is 16.8. The number of carbonyl (C=O) groups excluding carboxylic acids is 1. The Kier molecular flexibility index (Phi) is 7.17. The van der Waals surface area contributed by atoms with E-state index in [4.69, 9.17) is 12.2 Å². The van der Waals surface area contributed by atoms with Gasteiger partial charge < -0.3 is 10.0 Å². The molecule has 10 nitrogen and oxygen atoms in total. The lowest BCUT2D eigenvalue weighted by atomic mass is 9.86. The summed E-state index contributed by atoms with van der Waals surface area (Å²) in [6.45, 7) is 4.35. The number of aliphatic carboxylic acids is 1. The lowest BCUT2D eigenvalue weighted by Gasteiger charge is -2.42. The van der Waals surface area contributed by atoms with Crippen LogP contribution in [0.1, 0.15) is 24.1 Å². The zero-order valence-corrected chi connectivity index (χ0v) is 19.9. The summed E-state index contributed by atoms with van der Waals surface area (Å²) in [4.78, 5) is 46.2. The number of urea groups is 1. The molecule has 2 atom stereocenters. The minimum Gasteiger partial charge on any atom is -0.481 e. The van der Waals surface area contributed by atoms with Crippen LogP contribution in [0.15, 0.2) is 59.6 Å². The van der Waals surface area contributed by atoms with Gasteiger partial charge in [-0.3, -0.25) is 24.7 Å². The number of hydrogen-bond acceptors (Lipinski definition) is 6. The van der Waals surface area contributed by atoms with Gasteiger partial charge in [0.25, 0.3) is 5.69 Å². The fraction of sp³-hybridized carbons (Fsp3) is 0.333. The van der Waals surface area contributed by atoms with Crippen molar-refractivity contribution in [2.24, 2.45) is 10.9 Å². The number of nitro benzene ring substituents is 1. The van der Waals surface area contributed by atoms with Gasteiger partial charge in [-0.05, 0) is 24.7 Å². The Bertz CT molecular complexity index is 1180. The molecule has 1 fully saturated rings. The van der Waals surface area contributed by atoms with Crippen molar-refractivity contribution < 1.29 is 19.6 Å². The van der Waals surface area contributed by atoms with Crippen LogP contribution in [0.5, 0.6) is 0 Å². The highest BCUT2D eigenvalue weighted by molar-refractivity contribution is 7.80. The van der Waals surface area contributed by atoms with Crippen molar-refractivity contribution in [2.45, 2.75) is 19.5 Å². The molecule has 2 aliphatic heterocycles. The van der Waals surface area contributed by atoms with E-state index in [1.54, 1.807) is 11.0 Å². The minimum absolute atomic E-state index is 0.0973. The van der Waals surface area contributed by atoms with E-state index < -0.39 is 28.9 Å². The van der Waals surface area contributed by atoms with Gasteiger partial charge in [0.05, 0.1) is 16.5 Å². The molecule has 4 rings (SSSR count). The number of hydrogen-bond donors (Lipinski definition) is 1. The molecule has 2 aromatic carbocycles. The third-order valence-corrected chi connectivity index (χ3v) is 6.63. The Hall–Kier alpha value is -3.70. The number of carboxylic acid groups (broad SMARTS) is 1. The van der Waals surface area contributed by atoms with Gasteiger partial charge in [-0.2, -0.15) is 0 Å². The fourth-order valence-electron chi connectivity index (χ4n) is 4.60. The highest BCUT2D eigenvalue weighted by Gasteiger charge is 2.47. The van der Waals surface area contributed by atoms with Gasteiger partial charge in [-0.25, -0.2) is 9.79 Å². The Morgan fingerprint density at radius 2 is 1.71 bits per heavy atom. The normalized spacial score (nSPS) is 20.9. The second-order valence-electron chi connectivity index (χ2n) is 8.51. The number of carbonyl (C=O) groups is 2. The van der Waals surface area contributed by atoms with Crippen LogP contribution in [0.3, 0.4) is 0 Å². The molecule has 0 aromatic heterocycles. The summed E-state index contributed by atoms with van der Waals surface area (Å²) in [6, 6.07) is 14.2. The van der Waals surface area contributed by atoms with Crippen molar-refractivity contribution in [1.82, 2.24) is 14.7 Å². The number of rotatable bonds is 5. The van der Waals surface area contributed by atoms with E-state index in [1.807, 2.05) is 30.3 Å². The molecule has 182 valence electrons. The standard InChI is InChI=1S/C24H25N5O5S/c1-16-20(22(30)31)21(18-9-5-6-10-19(18)29(33)34)28(23(35)25-16)24(32)27-13-11-26(12-14-27)15-17-7-3-2-4-8-17/h2-10,20-21H,11-15H2,1H3,(H,30,31). The molecular weight excluding hydrogens is 470 g/mol. The van der Waals surface area contributed by atoms with Gasteiger partial charge in [0.15, 0.2) is 0 Å². The number of carboxylic acids is 1. The fourth-order valence-corrected chi connectivity index (χ4v) is 4.93. The van der Waals surface area contributed by atoms with Crippen LogP contribution < -0.4 is 0 Å². The lowest BCUT2D eigenvalue weighted by Crippen LogP contribution is -2.57. The van der Waals surface area contributed by atoms with Gasteiger partial charge in [-0.1, -0.05) is 48.5 Å². The summed E-state index contributed by atoms with van der Waals surface area (Å²) in [5.41, 5.74) is 1.21. The first-order valence-electron chi connectivity index (χ1n) is 11.2. The van der Waals surface area contributed by atoms with Crippen LogP contribution in [0.25, 0.3) is 0 Å². The molecule has 0 radical (unpaired) electrons. The van der Waals surface area contributed by atoms with Crippen molar-refractivity contribution in [3.05, 3.63) is 75.8 Å². The number of amides is 2. The van der Waals surface area contributed by atoms with E-state index in [9.17, 15) is 24.8 Å². The van der Waals surface area contributed by atoms with Crippen LogP contribution in [0.4, 0.5) is 10.5 Å². The van der Waals surface area contributed by atoms with Crippen molar-refractivity contribution in [3.63, 3.8) is 0 Å². The Balaban J connectivity index is 1.61. The number of piperazine rings is 1. The second kappa shape index (κ2) is 10.3. The molecule has 2 aliphatic rings. The van der Waals surface area contributed by atoms with Crippen molar-refractivity contribution >= 4 is 40.7 Å². The quantitative estimate of drug-likeness (QED) is 0.384. The first-order valence-corrected chi connectivity index (χ1v) is 11.6. The van der Waals surface area contributed by atoms with Crippen LogP contribution >= 0.6 is 12.2 Å². The molecular formula is C24H25N5O5S. The number of aliphatic imine (C=N–C) groups is 1. The zero-order valence-electron chi connectivity index (χ0n) is 19.1. The predicted octanol–water partition coefficient (Wildman–Crippen LogP) is 3.34. The molecule has 1 saturated heterocycles. The van der Waals surface area contributed by atoms with E-state index in [-0.39, 0.29) is 22.1 Å². The van der Waals surface area contributed by atoms with Crippen LogP contribution in [-0.2, 0) is 11.3 Å². The van der Waals surface area contributed by atoms with Gasteiger partial charge >= 0.3 is 12.0 Å². The summed E-state index contributed by atoms with van der Waals surface area (Å²) in [5.74, 6) is -2.51. The Morgan fingerprint density at radius 1 is 1.09 bits per heavy atom. The SMILES string of the molecule is CC1=NC(=S)N(C(=O)N2CCN(Cc3ccccc3)CC2)C(c2ccccc2[N+](=O)[O-])C1C(=O)O. The third-order valence-electron chi connectivity index (χ3n) is 6.34. The van der Waals surface area contributed by atoms with Crippen molar-refractivity contribution in [1.29, 1.82) is 0 Å². The molecule has 2 unspecified atom stereocenters. The Morgan fingerprint density at radius 3 is 2.34 bits per heavy atom. The number of thiocarbonyl (C=S) groups is 1. The average Bonchev–Trinajstić information content (AvgIpc) is 2.84. The molecule has 0 spiro atoms. The van der Waals surface area contributed by atoms with Crippen LogP contribution in [0.2, 0.25) is 0 Å². The minimum atomic E-state index is -1.27. The molecule has 35 heavy (non-hydrogen) atoms. The average molecular weight is 496 g/mol. The molecule has 11 heteroatoms. The van der Waals surface area contributed by atoms with E-state index in [0.717, 1.165) is 11.4 Å². The largest absolute Gasteiger partial charge is 0.481 e. The van der Waals surface area contributed by atoms with E-state index >= 15 is 0 Å². The third kappa shape index (κ3) is 5.05. The summed E-state index contributed by atoms with van der Waals surface area (Å²) < 4.78 is 0. The predicted molar refractivity (Wildman–Crippen MR) is 133 cm³/mol. The van der Waals surface area contributed by atoms with Crippen LogP contribution in [-0.4, -0.2) is 73.7 Å². The number of nitro groups is 1. The van der Waals surface area contributed by atoms with E-state index in [0.29, 0.717) is 26.2 Å². The molecule has 1 N–H and O–H groups in total. The highest BCUT2D eigenvalue weighted by Crippen LogP contribution is 2.39. The van der Waals surface area contributed by atoms with E-state index in [1.165, 1.54) is 30.7 Å². The van der Waals surface area contributed by atoms with Gasteiger partial charge in [0.1, 0.15) is 5.92 Å². The van der Waals surface area contributed by atoms with Gasteiger partial charge in [0, 0.05) is 44.5 Å². The van der Waals surface area contributed by atoms with E-state index in [2.05, 4.69) is 9.89 Å². The van der Waals surface area contributed by atoms with Gasteiger partial charge in [0.2, 0.25) is 5.11 Å². The Labute approximate surface area is 207 Å². The highest BCUT2D eigenvalue weighted by atomic mass is 32.1. The molecule has 0 aliphatic carbocycles. The first kappa shape index (κ1) is 24.4. The smallest absolute Gasteiger partial charge is 0.327 e.